The van der Waals surface area contributed by atoms with Gasteiger partial charge in [-0.1, -0.05) is 0 Å². The Morgan fingerprint density at radius 2 is 1.45 bits per heavy atom. The summed E-state index contributed by atoms with van der Waals surface area (Å²) in [5.74, 6) is -1.73. The Balaban J connectivity index is 1.86. The topological polar surface area (TPSA) is 105 Å². The second-order valence-electron chi connectivity index (χ2n) is 7.12. The van der Waals surface area contributed by atoms with E-state index in [0.717, 1.165) is 11.4 Å². The summed E-state index contributed by atoms with van der Waals surface area (Å²) < 4.78 is 16.2. The van der Waals surface area contributed by atoms with E-state index in [0.29, 0.717) is 11.4 Å². The first-order valence-electron chi connectivity index (χ1n) is 9.47. The van der Waals surface area contributed by atoms with Gasteiger partial charge in [-0.2, -0.15) is 5.10 Å². The molecule has 3 rings (SSSR count). The molecule has 3 aromatic rings. The lowest BCUT2D eigenvalue weighted by Crippen LogP contribution is -2.15. The Bertz CT molecular complexity index is 1150. The highest BCUT2D eigenvalue weighted by atomic mass is 19.1. The minimum atomic E-state index is -0.546. The second kappa shape index (κ2) is 8.78. The maximum Gasteiger partial charge on any atom is 0.255 e. The molecule has 0 fully saturated rings. The molecule has 31 heavy (non-hydrogen) atoms. The first kappa shape index (κ1) is 21.7. The summed E-state index contributed by atoms with van der Waals surface area (Å²) in [6.45, 7) is 6.31. The van der Waals surface area contributed by atoms with Crippen molar-refractivity contribution in [3.63, 3.8) is 0 Å². The van der Waals surface area contributed by atoms with Crippen molar-refractivity contribution >= 4 is 34.8 Å². The van der Waals surface area contributed by atoms with Gasteiger partial charge in [-0.3, -0.25) is 14.4 Å². The molecule has 1 aromatic heterocycles. The standard InChI is InChI=1S/C22H22FN5O3/c1-12-7-13(2)28(27-12)21-6-5-17(11-20(21)23)26-22(31)16-8-18(24-14(3)29)10-19(9-16)25-15(4)30/h5-11H,1-4H3,(H,24,29)(H,25,30)(H,26,31). The summed E-state index contributed by atoms with van der Waals surface area (Å²) in [4.78, 5) is 35.5. The molecule has 2 aromatic carbocycles. The summed E-state index contributed by atoms with van der Waals surface area (Å²) in [6.07, 6.45) is 0. The second-order valence-corrected chi connectivity index (χ2v) is 7.12. The summed E-state index contributed by atoms with van der Waals surface area (Å²) in [5.41, 5.74) is 2.93. The number of nitrogens with one attached hydrogen (secondary N) is 3. The zero-order chi connectivity index (χ0) is 22.7. The lowest BCUT2D eigenvalue weighted by Gasteiger charge is -2.12. The number of rotatable bonds is 5. The van der Waals surface area contributed by atoms with E-state index in [2.05, 4.69) is 21.0 Å². The normalized spacial score (nSPS) is 10.5. The molecule has 0 radical (unpaired) electrons. The SMILES string of the molecule is CC(=O)Nc1cc(NC(C)=O)cc(C(=O)Nc2ccc(-n3nc(C)cc3C)c(F)c2)c1. The molecule has 0 saturated carbocycles. The summed E-state index contributed by atoms with van der Waals surface area (Å²) in [6, 6.07) is 10.6. The van der Waals surface area contributed by atoms with Crippen LogP contribution in [0.5, 0.6) is 0 Å². The average Bonchev–Trinajstić information content (AvgIpc) is 2.98. The molecular formula is C22H22FN5O3. The summed E-state index contributed by atoms with van der Waals surface area (Å²) in [5, 5.41) is 12.1. The predicted molar refractivity (Wildman–Crippen MR) is 116 cm³/mol. The van der Waals surface area contributed by atoms with Crippen molar-refractivity contribution in [1.82, 2.24) is 9.78 Å². The van der Waals surface area contributed by atoms with Crippen LogP contribution in [0.2, 0.25) is 0 Å². The average molecular weight is 423 g/mol. The number of aromatic nitrogens is 2. The van der Waals surface area contributed by atoms with Crippen molar-refractivity contribution < 1.29 is 18.8 Å². The van der Waals surface area contributed by atoms with Gasteiger partial charge in [0, 0.05) is 42.2 Å². The smallest absolute Gasteiger partial charge is 0.255 e. The van der Waals surface area contributed by atoms with Gasteiger partial charge in [-0.25, -0.2) is 9.07 Å². The molecule has 0 saturated heterocycles. The van der Waals surface area contributed by atoms with E-state index in [9.17, 15) is 18.8 Å². The Morgan fingerprint density at radius 1 is 0.839 bits per heavy atom. The Morgan fingerprint density at radius 3 is 1.94 bits per heavy atom. The van der Waals surface area contributed by atoms with Crippen LogP contribution < -0.4 is 16.0 Å². The molecule has 3 N–H and O–H groups in total. The lowest BCUT2D eigenvalue weighted by molar-refractivity contribution is -0.115. The van der Waals surface area contributed by atoms with Crippen molar-refractivity contribution in [3.05, 3.63) is 65.2 Å². The fourth-order valence-electron chi connectivity index (χ4n) is 3.14. The van der Waals surface area contributed by atoms with Crippen LogP contribution in [-0.4, -0.2) is 27.5 Å². The number of hydrogen-bond acceptors (Lipinski definition) is 4. The molecule has 0 unspecified atom stereocenters. The Hall–Kier alpha value is -4.01. The predicted octanol–water partition coefficient (Wildman–Crippen LogP) is 3.80. The van der Waals surface area contributed by atoms with Gasteiger partial charge in [0.25, 0.3) is 5.91 Å². The number of benzene rings is 2. The van der Waals surface area contributed by atoms with E-state index in [1.807, 2.05) is 19.9 Å². The fourth-order valence-corrected chi connectivity index (χ4v) is 3.14. The number of nitrogens with zero attached hydrogens (tertiary/aromatic N) is 2. The maximum absolute atomic E-state index is 14.7. The number of carbonyl (C=O) groups excluding carboxylic acids is 3. The highest BCUT2D eigenvalue weighted by Gasteiger charge is 2.14. The Kier molecular flexibility index (Phi) is 6.15. The van der Waals surface area contributed by atoms with Gasteiger partial charge in [0.1, 0.15) is 5.69 Å². The third-order valence-electron chi connectivity index (χ3n) is 4.28. The number of anilines is 3. The van der Waals surface area contributed by atoms with Crippen LogP contribution in [0.3, 0.4) is 0 Å². The lowest BCUT2D eigenvalue weighted by atomic mass is 10.1. The molecule has 0 atom stereocenters. The van der Waals surface area contributed by atoms with Crippen molar-refractivity contribution in [1.29, 1.82) is 0 Å². The Labute approximate surface area is 178 Å². The molecule has 0 bridgehead atoms. The van der Waals surface area contributed by atoms with Gasteiger partial charge in [0.05, 0.1) is 5.69 Å². The molecule has 0 spiro atoms. The number of carbonyl (C=O) groups is 3. The van der Waals surface area contributed by atoms with Crippen molar-refractivity contribution in [2.45, 2.75) is 27.7 Å². The van der Waals surface area contributed by atoms with E-state index in [1.54, 1.807) is 6.07 Å². The summed E-state index contributed by atoms with van der Waals surface area (Å²) >= 11 is 0. The molecule has 0 aliphatic heterocycles. The maximum atomic E-state index is 14.7. The van der Waals surface area contributed by atoms with Crippen LogP contribution in [0.1, 0.15) is 35.6 Å². The van der Waals surface area contributed by atoms with Crippen molar-refractivity contribution in [2.24, 2.45) is 0 Å². The number of hydrogen-bond donors (Lipinski definition) is 3. The minimum Gasteiger partial charge on any atom is -0.326 e. The van der Waals surface area contributed by atoms with Gasteiger partial charge in [-0.05, 0) is 56.3 Å². The highest BCUT2D eigenvalue weighted by Crippen LogP contribution is 2.23. The van der Waals surface area contributed by atoms with Gasteiger partial charge < -0.3 is 16.0 Å². The van der Waals surface area contributed by atoms with E-state index >= 15 is 0 Å². The zero-order valence-electron chi connectivity index (χ0n) is 17.5. The third kappa shape index (κ3) is 5.33. The van der Waals surface area contributed by atoms with Crippen LogP contribution in [0, 0.1) is 19.7 Å². The zero-order valence-corrected chi connectivity index (χ0v) is 17.5. The van der Waals surface area contributed by atoms with Gasteiger partial charge >= 0.3 is 0 Å². The highest BCUT2D eigenvalue weighted by molar-refractivity contribution is 6.06. The van der Waals surface area contributed by atoms with Gasteiger partial charge in [-0.15, -0.1) is 0 Å². The fraction of sp³-hybridized carbons (Fsp3) is 0.182. The number of aryl methyl sites for hydroxylation is 2. The van der Waals surface area contributed by atoms with Crippen LogP contribution in [-0.2, 0) is 9.59 Å². The third-order valence-corrected chi connectivity index (χ3v) is 4.28. The van der Waals surface area contributed by atoms with Crippen LogP contribution in [0.4, 0.5) is 21.5 Å². The molecule has 0 aliphatic rings. The molecule has 0 aliphatic carbocycles. The van der Waals surface area contributed by atoms with Gasteiger partial charge in [0.15, 0.2) is 5.82 Å². The van der Waals surface area contributed by atoms with E-state index in [4.69, 9.17) is 0 Å². The van der Waals surface area contributed by atoms with Crippen molar-refractivity contribution in [2.75, 3.05) is 16.0 Å². The van der Waals surface area contributed by atoms with E-state index in [-0.39, 0.29) is 28.8 Å². The molecule has 1 heterocycles. The molecule has 9 heteroatoms. The first-order valence-corrected chi connectivity index (χ1v) is 9.47. The first-order chi connectivity index (χ1) is 14.6. The number of amides is 3. The largest absolute Gasteiger partial charge is 0.326 e. The van der Waals surface area contributed by atoms with Crippen LogP contribution in [0.25, 0.3) is 5.69 Å². The minimum absolute atomic E-state index is 0.179. The quantitative estimate of drug-likeness (QED) is 0.580. The van der Waals surface area contributed by atoms with E-state index < -0.39 is 11.7 Å². The molecule has 3 amide bonds. The summed E-state index contributed by atoms with van der Waals surface area (Å²) in [7, 11) is 0. The molecule has 8 nitrogen and oxygen atoms in total. The van der Waals surface area contributed by atoms with Crippen LogP contribution in [0.15, 0.2) is 42.5 Å². The monoisotopic (exact) mass is 423 g/mol. The van der Waals surface area contributed by atoms with E-state index in [1.165, 1.54) is 48.9 Å². The van der Waals surface area contributed by atoms with Crippen LogP contribution >= 0.6 is 0 Å². The van der Waals surface area contributed by atoms with Gasteiger partial charge in [0.2, 0.25) is 11.8 Å². The molecular weight excluding hydrogens is 401 g/mol. The number of halogens is 1. The van der Waals surface area contributed by atoms with Crippen molar-refractivity contribution in [3.8, 4) is 5.69 Å². The molecule has 160 valence electrons.